The number of nitro groups is 1. The molecular formula is C20H16ClN3O3S. The molecule has 28 heavy (non-hydrogen) atoms. The highest BCUT2D eigenvalue weighted by molar-refractivity contribution is 7.09. The Kier molecular flexibility index (Phi) is 4.87. The molecule has 3 aromatic rings. The van der Waals surface area contributed by atoms with Gasteiger partial charge in [-0.3, -0.25) is 14.9 Å². The van der Waals surface area contributed by atoms with Crippen LogP contribution < -0.4 is 4.80 Å². The van der Waals surface area contributed by atoms with Gasteiger partial charge >= 0.3 is 0 Å². The van der Waals surface area contributed by atoms with Crippen molar-refractivity contribution in [3.63, 3.8) is 0 Å². The number of rotatable bonds is 3. The number of thiazole rings is 1. The van der Waals surface area contributed by atoms with Crippen molar-refractivity contribution in [2.24, 2.45) is 4.99 Å². The molecule has 0 aliphatic heterocycles. The fourth-order valence-electron chi connectivity index (χ4n) is 3.46. The molecule has 1 aromatic heterocycles. The molecule has 1 heterocycles. The lowest BCUT2D eigenvalue weighted by Crippen LogP contribution is -2.18. The summed E-state index contributed by atoms with van der Waals surface area (Å²) in [7, 11) is 0. The second kappa shape index (κ2) is 7.33. The normalized spacial score (nSPS) is 13.1. The van der Waals surface area contributed by atoms with Gasteiger partial charge in [0.15, 0.2) is 4.80 Å². The van der Waals surface area contributed by atoms with Crippen LogP contribution in [0, 0.1) is 10.1 Å². The second-order valence-corrected chi connectivity index (χ2v) is 7.87. The van der Waals surface area contributed by atoms with Crippen LogP contribution in [-0.2, 0) is 19.4 Å². The van der Waals surface area contributed by atoms with Crippen LogP contribution >= 0.6 is 22.9 Å². The topological polar surface area (TPSA) is 77.5 Å². The monoisotopic (exact) mass is 413 g/mol. The van der Waals surface area contributed by atoms with Crippen molar-refractivity contribution in [3.05, 3.63) is 78.4 Å². The Morgan fingerprint density at radius 1 is 1.29 bits per heavy atom. The van der Waals surface area contributed by atoms with Crippen LogP contribution in [0.15, 0.2) is 47.5 Å². The number of fused-ring (bicyclic) bond motifs is 3. The number of hydrogen-bond donors (Lipinski definition) is 0. The highest BCUT2D eigenvalue weighted by Gasteiger charge is 2.22. The van der Waals surface area contributed by atoms with E-state index >= 15 is 0 Å². The summed E-state index contributed by atoms with van der Waals surface area (Å²) in [5.74, 6) is -0.581. The number of non-ortho nitro benzene ring substituents is 1. The number of aryl methyl sites for hydroxylation is 2. The van der Waals surface area contributed by atoms with E-state index in [0.717, 1.165) is 18.5 Å². The first kappa shape index (κ1) is 18.6. The fourth-order valence-corrected chi connectivity index (χ4v) is 4.86. The number of carbonyl (C=O) groups excluding carboxylic acids is 1. The van der Waals surface area contributed by atoms with E-state index in [1.807, 2.05) is 23.6 Å². The summed E-state index contributed by atoms with van der Waals surface area (Å²) >= 11 is 7.58. The van der Waals surface area contributed by atoms with Gasteiger partial charge in [0.25, 0.3) is 11.6 Å². The zero-order chi connectivity index (χ0) is 19.8. The van der Waals surface area contributed by atoms with Crippen molar-refractivity contribution in [1.29, 1.82) is 0 Å². The molecule has 0 N–H and O–H groups in total. The third-order valence-electron chi connectivity index (χ3n) is 4.78. The average molecular weight is 414 g/mol. The van der Waals surface area contributed by atoms with Crippen molar-refractivity contribution in [2.75, 3.05) is 0 Å². The number of benzene rings is 2. The molecule has 4 rings (SSSR count). The van der Waals surface area contributed by atoms with Crippen LogP contribution in [0.5, 0.6) is 0 Å². The molecule has 142 valence electrons. The first-order valence-electron chi connectivity index (χ1n) is 8.83. The number of nitrogens with zero attached hydrogens (tertiary/aromatic N) is 3. The minimum absolute atomic E-state index is 0.0327. The average Bonchev–Trinajstić information content (AvgIpc) is 3.05. The van der Waals surface area contributed by atoms with Crippen LogP contribution in [0.25, 0.3) is 11.3 Å². The molecule has 0 saturated carbocycles. The number of aromatic nitrogens is 1. The van der Waals surface area contributed by atoms with E-state index in [9.17, 15) is 14.9 Å². The predicted octanol–water partition coefficient (Wildman–Crippen LogP) is 4.64. The first-order valence-corrected chi connectivity index (χ1v) is 10.0. The van der Waals surface area contributed by atoms with E-state index in [1.165, 1.54) is 45.5 Å². The maximum Gasteiger partial charge on any atom is 0.281 e. The van der Waals surface area contributed by atoms with E-state index in [1.54, 1.807) is 0 Å². The smallest absolute Gasteiger partial charge is 0.281 e. The summed E-state index contributed by atoms with van der Waals surface area (Å²) in [4.78, 5) is 29.3. The minimum atomic E-state index is -0.581. The summed E-state index contributed by atoms with van der Waals surface area (Å²) in [5.41, 5.74) is 3.40. The van der Waals surface area contributed by atoms with Gasteiger partial charge in [-0.15, -0.1) is 11.3 Å². The lowest BCUT2D eigenvalue weighted by Gasteiger charge is -2.17. The fraction of sp³-hybridized carbons (Fsp3) is 0.200. The van der Waals surface area contributed by atoms with E-state index in [4.69, 9.17) is 11.6 Å². The lowest BCUT2D eigenvalue weighted by atomic mass is 9.93. The van der Waals surface area contributed by atoms with Gasteiger partial charge in [-0.2, -0.15) is 4.99 Å². The van der Waals surface area contributed by atoms with E-state index in [-0.39, 0.29) is 16.3 Å². The number of nitro benzene ring substituents is 1. The van der Waals surface area contributed by atoms with E-state index in [2.05, 4.69) is 17.1 Å². The van der Waals surface area contributed by atoms with Gasteiger partial charge in [0.05, 0.1) is 21.2 Å². The van der Waals surface area contributed by atoms with Gasteiger partial charge in [0.1, 0.15) is 0 Å². The van der Waals surface area contributed by atoms with E-state index in [0.29, 0.717) is 11.3 Å². The first-order chi connectivity index (χ1) is 13.5. The Morgan fingerprint density at radius 3 is 2.82 bits per heavy atom. The summed E-state index contributed by atoms with van der Waals surface area (Å²) in [5, 5.41) is 11.2. The predicted molar refractivity (Wildman–Crippen MR) is 109 cm³/mol. The van der Waals surface area contributed by atoms with Crippen molar-refractivity contribution in [2.45, 2.75) is 26.3 Å². The molecule has 1 aliphatic rings. The maximum absolute atomic E-state index is 12.8. The molecule has 0 radical (unpaired) electrons. The van der Waals surface area contributed by atoms with Crippen molar-refractivity contribution in [3.8, 4) is 11.3 Å². The number of carbonyl (C=O) groups is 1. The second-order valence-electron chi connectivity index (χ2n) is 6.40. The SMILES string of the molecule is CCn1c2c(sc1=NC(=O)c1cc([N+](=O)[O-])ccc1Cl)CCc1ccccc1-2. The standard InChI is InChI=1S/C20H16ClN3O3S/c1-2-23-18-14-6-4-3-5-12(14)7-10-17(18)28-20(23)22-19(25)15-11-13(24(26)27)8-9-16(15)21/h3-6,8-9,11H,2,7,10H2,1H3. The Hall–Kier alpha value is -2.77. The Labute approximate surface area is 169 Å². The van der Waals surface area contributed by atoms with Crippen LogP contribution in [0.1, 0.15) is 27.7 Å². The van der Waals surface area contributed by atoms with Crippen LogP contribution in [-0.4, -0.2) is 15.4 Å². The van der Waals surface area contributed by atoms with Gasteiger partial charge in [0.2, 0.25) is 0 Å². The molecule has 0 bridgehead atoms. The Balaban J connectivity index is 1.85. The molecule has 0 spiro atoms. The number of halogens is 1. The molecule has 8 heteroatoms. The van der Waals surface area contributed by atoms with Gasteiger partial charge in [-0.25, -0.2) is 0 Å². The zero-order valence-corrected chi connectivity index (χ0v) is 16.6. The zero-order valence-electron chi connectivity index (χ0n) is 15.0. The maximum atomic E-state index is 12.8. The quantitative estimate of drug-likeness (QED) is 0.463. The van der Waals surface area contributed by atoms with Crippen molar-refractivity contribution < 1.29 is 9.72 Å². The lowest BCUT2D eigenvalue weighted by molar-refractivity contribution is -0.384. The molecule has 0 fully saturated rings. The summed E-state index contributed by atoms with van der Waals surface area (Å²) < 4.78 is 2.03. The van der Waals surface area contributed by atoms with Gasteiger partial charge in [-0.1, -0.05) is 35.9 Å². The van der Waals surface area contributed by atoms with Crippen molar-refractivity contribution in [1.82, 2.24) is 4.57 Å². The molecule has 1 amide bonds. The van der Waals surface area contributed by atoms with E-state index < -0.39 is 10.8 Å². The van der Waals surface area contributed by atoms with Crippen LogP contribution in [0.3, 0.4) is 0 Å². The largest absolute Gasteiger partial charge is 0.316 e. The van der Waals surface area contributed by atoms with Crippen molar-refractivity contribution >= 4 is 34.5 Å². The molecule has 0 unspecified atom stereocenters. The summed E-state index contributed by atoms with van der Waals surface area (Å²) in [6.45, 7) is 2.67. The highest BCUT2D eigenvalue weighted by atomic mass is 35.5. The molecule has 2 aromatic carbocycles. The third-order valence-corrected chi connectivity index (χ3v) is 6.25. The molecule has 0 saturated heterocycles. The van der Waals surface area contributed by atoms with Gasteiger partial charge < -0.3 is 4.57 Å². The van der Waals surface area contributed by atoms with Gasteiger partial charge in [0, 0.05) is 29.1 Å². The molecular weight excluding hydrogens is 398 g/mol. The van der Waals surface area contributed by atoms with Crippen LogP contribution in [0.4, 0.5) is 5.69 Å². The molecule has 0 atom stereocenters. The molecule has 1 aliphatic carbocycles. The third kappa shape index (κ3) is 3.16. The van der Waals surface area contributed by atoms with Gasteiger partial charge in [-0.05, 0) is 31.4 Å². The minimum Gasteiger partial charge on any atom is -0.316 e. The van der Waals surface area contributed by atoms with Crippen LogP contribution in [0.2, 0.25) is 5.02 Å². The number of hydrogen-bond acceptors (Lipinski definition) is 4. The highest BCUT2D eigenvalue weighted by Crippen LogP contribution is 2.34. The molecule has 6 nitrogen and oxygen atoms in total. The Morgan fingerprint density at radius 2 is 2.07 bits per heavy atom. The summed E-state index contributed by atoms with van der Waals surface area (Å²) in [6.07, 6.45) is 1.86. The Bertz CT molecular complexity index is 1180. The summed E-state index contributed by atoms with van der Waals surface area (Å²) in [6, 6.07) is 12.1. The number of amides is 1.